The zero-order valence-corrected chi connectivity index (χ0v) is 18.8. The standard InChI is InChI=1S/C22H20Cl2N4O2S/c23-14-5-3-7-16(18(14)24)31-17-12-26-20(21(29)27-17)28-10-8-22(9-11-28)19(25)13-4-1-2-6-15(13)30-22/h1-7,12,19H,8-11,25H2,(H,27,29)/t19-/m1/s1. The van der Waals surface area contributed by atoms with Gasteiger partial charge in [-0.2, -0.15) is 0 Å². The molecule has 9 heteroatoms. The number of nitrogens with one attached hydrogen (secondary N) is 1. The first kappa shape index (κ1) is 20.7. The lowest BCUT2D eigenvalue weighted by Gasteiger charge is -2.41. The number of halogens is 2. The number of H-pyrrole nitrogens is 1. The number of para-hydroxylation sites is 1. The van der Waals surface area contributed by atoms with Crippen molar-refractivity contribution in [3.05, 3.63) is 74.6 Å². The van der Waals surface area contributed by atoms with Gasteiger partial charge in [0.2, 0.25) is 0 Å². The molecule has 2 aromatic carbocycles. The van der Waals surface area contributed by atoms with Gasteiger partial charge in [-0.15, -0.1) is 0 Å². The topological polar surface area (TPSA) is 84.2 Å². The minimum Gasteiger partial charge on any atom is -0.485 e. The highest BCUT2D eigenvalue weighted by Crippen LogP contribution is 2.47. The lowest BCUT2D eigenvalue weighted by Crippen LogP contribution is -2.52. The summed E-state index contributed by atoms with van der Waals surface area (Å²) in [5.41, 5.74) is 6.92. The molecule has 0 unspecified atom stereocenters. The molecule has 2 aliphatic rings. The molecular formula is C22H20Cl2N4O2S. The number of nitrogens with two attached hydrogens (primary N) is 1. The molecule has 0 radical (unpaired) electrons. The van der Waals surface area contributed by atoms with Crippen molar-refractivity contribution in [3.63, 3.8) is 0 Å². The van der Waals surface area contributed by atoms with Crippen LogP contribution in [0.5, 0.6) is 5.75 Å². The monoisotopic (exact) mass is 474 g/mol. The molecule has 1 fully saturated rings. The summed E-state index contributed by atoms with van der Waals surface area (Å²) >= 11 is 13.6. The number of benzene rings is 2. The first-order valence-corrected chi connectivity index (χ1v) is 11.5. The summed E-state index contributed by atoms with van der Waals surface area (Å²) in [7, 11) is 0. The molecular weight excluding hydrogens is 455 g/mol. The molecule has 0 bridgehead atoms. The van der Waals surface area contributed by atoms with Gasteiger partial charge in [-0.05, 0) is 18.2 Å². The van der Waals surface area contributed by atoms with Crippen LogP contribution in [-0.4, -0.2) is 28.7 Å². The Hall–Kier alpha value is -2.19. The van der Waals surface area contributed by atoms with Crippen LogP contribution in [0.4, 0.5) is 5.82 Å². The third-order valence-electron chi connectivity index (χ3n) is 5.92. The Kier molecular flexibility index (Phi) is 5.38. The summed E-state index contributed by atoms with van der Waals surface area (Å²) in [6.07, 6.45) is 3.09. The number of hydrogen-bond acceptors (Lipinski definition) is 6. The first-order valence-electron chi connectivity index (χ1n) is 9.96. The first-order chi connectivity index (χ1) is 15.0. The number of anilines is 1. The van der Waals surface area contributed by atoms with E-state index in [1.807, 2.05) is 41.3 Å². The lowest BCUT2D eigenvalue weighted by atomic mass is 9.83. The Morgan fingerprint density at radius 3 is 2.68 bits per heavy atom. The minimum atomic E-state index is -0.425. The molecule has 1 saturated heterocycles. The molecule has 31 heavy (non-hydrogen) atoms. The van der Waals surface area contributed by atoms with Gasteiger partial charge in [0.15, 0.2) is 5.82 Å². The molecule has 1 atom stereocenters. The molecule has 3 aromatic rings. The Morgan fingerprint density at radius 1 is 1.16 bits per heavy atom. The molecule has 0 amide bonds. The van der Waals surface area contributed by atoms with E-state index in [4.69, 9.17) is 33.7 Å². The molecule has 5 rings (SSSR count). The van der Waals surface area contributed by atoms with Gasteiger partial charge < -0.3 is 20.4 Å². The summed E-state index contributed by atoms with van der Waals surface area (Å²) in [4.78, 5) is 22.8. The van der Waals surface area contributed by atoms with E-state index in [0.717, 1.165) is 29.1 Å². The number of hydrogen-bond donors (Lipinski definition) is 2. The van der Waals surface area contributed by atoms with Crippen LogP contribution < -0.4 is 20.9 Å². The largest absolute Gasteiger partial charge is 0.485 e. The fourth-order valence-corrected chi connectivity index (χ4v) is 5.55. The third kappa shape index (κ3) is 3.69. The number of rotatable bonds is 3. The molecule has 6 nitrogen and oxygen atoms in total. The van der Waals surface area contributed by atoms with Crippen molar-refractivity contribution in [2.45, 2.75) is 34.4 Å². The number of fused-ring (bicyclic) bond motifs is 1. The molecule has 3 N–H and O–H groups in total. The van der Waals surface area contributed by atoms with Crippen LogP contribution in [-0.2, 0) is 0 Å². The molecule has 2 aliphatic heterocycles. The third-order valence-corrected chi connectivity index (χ3v) is 7.84. The van der Waals surface area contributed by atoms with Gasteiger partial charge in [-0.3, -0.25) is 4.79 Å². The SMILES string of the molecule is N[C@@H]1c2ccccc2OC12CCN(c1ncc(Sc3cccc(Cl)c3Cl)[nH]c1=O)CC2. The summed E-state index contributed by atoms with van der Waals surface area (Å²) in [6, 6.07) is 13.1. The maximum Gasteiger partial charge on any atom is 0.291 e. The van der Waals surface area contributed by atoms with Crippen LogP contribution in [0, 0.1) is 0 Å². The smallest absolute Gasteiger partial charge is 0.291 e. The zero-order valence-electron chi connectivity index (χ0n) is 16.5. The predicted octanol–water partition coefficient (Wildman–Crippen LogP) is 4.66. The number of ether oxygens (including phenoxy) is 1. The van der Waals surface area contributed by atoms with Crippen molar-refractivity contribution in [3.8, 4) is 5.75 Å². The Morgan fingerprint density at radius 2 is 1.94 bits per heavy atom. The van der Waals surface area contributed by atoms with Crippen LogP contribution in [0.15, 0.2) is 63.4 Å². The second-order valence-electron chi connectivity index (χ2n) is 7.72. The predicted molar refractivity (Wildman–Crippen MR) is 124 cm³/mol. The Labute approximate surface area is 193 Å². The number of aromatic nitrogens is 2. The molecule has 1 spiro atoms. The second-order valence-corrected chi connectivity index (χ2v) is 9.59. The van der Waals surface area contributed by atoms with Gasteiger partial charge in [0.05, 0.1) is 27.3 Å². The van der Waals surface area contributed by atoms with Crippen LogP contribution in [0.1, 0.15) is 24.4 Å². The van der Waals surface area contributed by atoms with E-state index in [1.54, 1.807) is 12.3 Å². The summed E-state index contributed by atoms with van der Waals surface area (Å²) in [5, 5.41) is 1.52. The van der Waals surface area contributed by atoms with Crippen molar-refractivity contribution >= 4 is 40.8 Å². The van der Waals surface area contributed by atoms with Gasteiger partial charge in [-0.1, -0.05) is 59.2 Å². The average Bonchev–Trinajstić information content (AvgIpc) is 3.04. The normalized spacial score (nSPS) is 19.3. The van der Waals surface area contributed by atoms with E-state index in [9.17, 15) is 4.79 Å². The van der Waals surface area contributed by atoms with Crippen LogP contribution in [0.3, 0.4) is 0 Å². The summed E-state index contributed by atoms with van der Waals surface area (Å²) < 4.78 is 6.28. The van der Waals surface area contributed by atoms with Gasteiger partial charge in [-0.25, -0.2) is 4.98 Å². The number of aromatic amines is 1. The van der Waals surface area contributed by atoms with Gasteiger partial charge in [0, 0.05) is 36.4 Å². The highest BCUT2D eigenvalue weighted by atomic mass is 35.5. The van der Waals surface area contributed by atoms with E-state index in [-0.39, 0.29) is 11.6 Å². The number of piperidine rings is 1. The highest BCUT2D eigenvalue weighted by molar-refractivity contribution is 7.99. The van der Waals surface area contributed by atoms with Crippen molar-refractivity contribution in [2.75, 3.05) is 18.0 Å². The van der Waals surface area contributed by atoms with Crippen LogP contribution >= 0.6 is 35.0 Å². The second kappa shape index (κ2) is 8.06. The Bertz CT molecular complexity index is 1190. The van der Waals surface area contributed by atoms with Crippen molar-refractivity contribution < 1.29 is 4.74 Å². The molecule has 3 heterocycles. The summed E-state index contributed by atoms with van der Waals surface area (Å²) in [6.45, 7) is 1.29. The molecule has 0 aliphatic carbocycles. The zero-order chi connectivity index (χ0) is 21.6. The number of nitrogens with zero attached hydrogens (tertiary/aromatic N) is 2. The maximum atomic E-state index is 12.7. The van der Waals surface area contributed by atoms with E-state index in [1.165, 1.54) is 11.8 Å². The fourth-order valence-electron chi connectivity index (χ4n) is 4.24. The molecule has 160 valence electrons. The van der Waals surface area contributed by atoms with Crippen molar-refractivity contribution in [1.29, 1.82) is 0 Å². The maximum absolute atomic E-state index is 12.7. The van der Waals surface area contributed by atoms with Crippen LogP contribution in [0.2, 0.25) is 10.0 Å². The van der Waals surface area contributed by atoms with Gasteiger partial charge in [0.1, 0.15) is 11.4 Å². The minimum absolute atomic E-state index is 0.168. The van der Waals surface area contributed by atoms with E-state index in [2.05, 4.69) is 9.97 Å². The van der Waals surface area contributed by atoms with Crippen molar-refractivity contribution in [1.82, 2.24) is 9.97 Å². The lowest BCUT2D eigenvalue weighted by molar-refractivity contribution is 0.0430. The van der Waals surface area contributed by atoms with Crippen molar-refractivity contribution in [2.24, 2.45) is 5.73 Å². The summed E-state index contributed by atoms with van der Waals surface area (Å²) in [5.74, 6) is 1.26. The molecule has 1 aromatic heterocycles. The quantitative estimate of drug-likeness (QED) is 0.574. The van der Waals surface area contributed by atoms with Gasteiger partial charge in [0.25, 0.3) is 5.56 Å². The van der Waals surface area contributed by atoms with E-state index < -0.39 is 5.60 Å². The molecule has 0 saturated carbocycles. The Balaban J connectivity index is 1.30. The van der Waals surface area contributed by atoms with E-state index in [0.29, 0.717) is 34.0 Å². The highest BCUT2D eigenvalue weighted by Gasteiger charge is 2.48. The average molecular weight is 475 g/mol. The van der Waals surface area contributed by atoms with Gasteiger partial charge >= 0.3 is 0 Å². The van der Waals surface area contributed by atoms with E-state index >= 15 is 0 Å². The van der Waals surface area contributed by atoms with Crippen LogP contribution in [0.25, 0.3) is 0 Å². The fraction of sp³-hybridized carbons (Fsp3) is 0.273.